The Kier molecular flexibility index (Phi) is 8.04. The van der Waals surface area contributed by atoms with Crippen LogP contribution >= 0.6 is 11.6 Å². The number of fused-ring (bicyclic) bond motifs is 1. The van der Waals surface area contributed by atoms with Gasteiger partial charge in [0, 0.05) is 32.3 Å². The molecule has 0 aliphatic carbocycles. The number of imidazole rings is 1. The van der Waals surface area contributed by atoms with Crippen LogP contribution < -0.4 is 5.32 Å². The first-order chi connectivity index (χ1) is 18.2. The molecule has 198 valence electrons. The molecule has 1 aliphatic heterocycles. The van der Waals surface area contributed by atoms with Crippen LogP contribution in [-0.4, -0.2) is 62.3 Å². The molecular weight excluding hydrogens is 520 g/mol. The van der Waals surface area contributed by atoms with E-state index in [0.29, 0.717) is 17.1 Å². The SMILES string of the molecule is CC(=O)OCC1OC(n2cnc3c(NCc4ccc(Cl)cc4)nc(C#N)nc32)C(OC(C)=O)C1OC(C)=O. The van der Waals surface area contributed by atoms with E-state index in [1.165, 1.54) is 31.7 Å². The van der Waals surface area contributed by atoms with Gasteiger partial charge in [-0.3, -0.25) is 19.0 Å². The highest BCUT2D eigenvalue weighted by Crippen LogP contribution is 2.36. The van der Waals surface area contributed by atoms with Gasteiger partial charge in [0.15, 0.2) is 35.4 Å². The van der Waals surface area contributed by atoms with E-state index in [4.69, 9.17) is 30.5 Å². The molecule has 0 saturated carbocycles. The molecule has 3 heterocycles. The van der Waals surface area contributed by atoms with E-state index < -0.39 is 42.4 Å². The van der Waals surface area contributed by atoms with Crippen molar-refractivity contribution in [2.24, 2.45) is 0 Å². The molecule has 0 bridgehead atoms. The molecule has 4 rings (SSSR count). The van der Waals surface area contributed by atoms with Crippen LogP contribution in [0.3, 0.4) is 0 Å². The minimum atomic E-state index is -1.14. The van der Waals surface area contributed by atoms with Gasteiger partial charge in [-0.2, -0.15) is 15.2 Å². The number of benzene rings is 1. The number of nitrogens with zero attached hydrogens (tertiary/aromatic N) is 5. The quantitative estimate of drug-likeness (QED) is 0.326. The van der Waals surface area contributed by atoms with Crippen molar-refractivity contribution in [3.63, 3.8) is 0 Å². The lowest BCUT2D eigenvalue weighted by Gasteiger charge is -2.23. The number of anilines is 1. The molecule has 1 N–H and O–H groups in total. The van der Waals surface area contributed by atoms with Crippen molar-refractivity contribution in [1.82, 2.24) is 19.5 Å². The number of hydrogen-bond donors (Lipinski definition) is 1. The maximum atomic E-state index is 12.0. The highest BCUT2D eigenvalue weighted by Gasteiger charge is 2.51. The zero-order valence-electron chi connectivity index (χ0n) is 20.6. The van der Waals surface area contributed by atoms with Crippen LogP contribution in [0.25, 0.3) is 11.2 Å². The highest BCUT2D eigenvalue weighted by atomic mass is 35.5. The average molecular weight is 543 g/mol. The fourth-order valence-corrected chi connectivity index (χ4v) is 4.11. The summed E-state index contributed by atoms with van der Waals surface area (Å²) in [6.07, 6.45) is -2.90. The number of halogens is 1. The van der Waals surface area contributed by atoms with Gasteiger partial charge in [-0.25, -0.2) is 4.98 Å². The maximum Gasteiger partial charge on any atom is 0.303 e. The van der Waals surface area contributed by atoms with Crippen LogP contribution in [0.2, 0.25) is 5.02 Å². The second-order valence-corrected chi connectivity index (χ2v) is 8.76. The highest BCUT2D eigenvalue weighted by molar-refractivity contribution is 6.30. The van der Waals surface area contributed by atoms with Gasteiger partial charge < -0.3 is 24.3 Å². The molecule has 4 atom stereocenters. The van der Waals surface area contributed by atoms with Gasteiger partial charge >= 0.3 is 17.9 Å². The average Bonchev–Trinajstić information content (AvgIpc) is 3.43. The van der Waals surface area contributed by atoms with Gasteiger partial charge in [0.1, 0.15) is 18.8 Å². The molecule has 1 saturated heterocycles. The number of aromatic nitrogens is 4. The second-order valence-electron chi connectivity index (χ2n) is 8.33. The summed E-state index contributed by atoms with van der Waals surface area (Å²) in [5.41, 5.74) is 1.42. The van der Waals surface area contributed by atoms with Gasteiger partial charge in [0.2, 0.25) is 5.82 Å². The molecule has 3 aromatic rings. The van der Waals surface area contributed by atoms with E-state index in [1.54, 1.807) is 12.1 Å². The van der Waals surface area contributed by atoms with E-state index in [9.17, 15) is 19.6 Å². The second kappa shape index (κ2) is 11.4. The monoisotopic (exact) mass is 542 g/mol. The van der Waals surface area contributed by atoms with Gasteiger partial charge in [0.05, 0.1) is 6.33 Å². The molecule has 2 aromatic heterocycles. The van der Waals surface area contributed by atoms with Crippen molar-refractivity contribution in [3.8, 4) is 6.07 Å². The fraction of sp³-hybridized carbons (Fsp3) is 0.375. The number of rotatable bonds is 8. The number of hydrogen-bond acceptors (Lipinski definition) is 12. The van der Waals surface area contributed by atoms with Crippen molar-refractivity contribution >= 4 is 46.5 Å². The molecule has 1 aliphatic rings. The van der Waals surface area contributed by atoms with Gasteiger partial charge in [-0.1, -0.05) is 23.7 Å². The van der Waals surface area contributed by atoms with Crippen molar-refractivity contribution in [2.75, 3.05) is 11.9 Å². The Morgan fingerprint density at radius 1 is 1.08 bits per heavy atom. The largest absolute Gasteiger partial charge is 0.463 e. The van der Waals surface area contributed by atoms with Crippen LogP contribution in [0.4, 0.5) is 5.82 Å². The van der Waals surface area contributed by atoms with Crippen LogP contribution in [0.15, 0.2) is 30.6 Å². The number of carbonyl (C=O) groups excluding carboxylic acids is 3. The van der Waals surface area contributed by atoms with Crippen LogP contribution in [0.1, 0.15) is 38.4 Å². The van der Waals surface area contributed by atoms with Crippen LogP contribution in [0, 0.1) is 11.3 Å². The smallest absolute Gasteiger partial charge is 0.303 e. The Morgan fingerprint density at radius 2 is 1.76 bits per heavy atom. The lowest BCUT2D eigenvalue weighted by atomic mass is 10.1. The third-order valence-electron chi connectivity index (χ3n) is 5.51. The normalized spacial score (nSPS) is 20.5. The lowest BCUT2D eigenvalue weighted by molar-refractivity contribution is -0.166. The number of nitrogens with one attached hydrogen (secondary N) is 1. The summed E-state index contributed by atoms with van der Waals surface area (Å²) in [6.45, 7) is 3.70. The Morgan fingerprint density at radius 3 is 2.39 bits per heavy atom. The van der Waals surface area contributed by atoms with Crippen molar-refractivity contribution < 1.29 is 33.3 Å². The minimum Gasteiger partial charge on any atom is -0.463 e. The maximum absolute atomic E-state index is 12.0. The molecule has 14 heteroatoms. The molecule has 1 fully saturated rings. The fourth-order valence-electron chi connectivity index (χ4n) is 3.98. The number of ether oxygens (including phenoxy) is 4. The predicted octanol–water partition coefficient (Wildman–Crippen LogP) is 2.29. The summed E-state index contributed by atoms with van der Waals surface area (Å²) in [5, 5.41) is 13.3. The molecule has 0 amide bonds. The molecule has 38 heavy (non-hydrogen) atoms. The van der Waals surface area contributed by atoms with Crippen molar-refractivity contribution in [3.05, 3.63) is 47.0 Å². The zero-order valence-corrected chi connectivity index (χ0v) is 21.3. The Labute approximate surface area is 221 Å². The molecule has 1 aromatic carbocycles. The minimum absolute atomic E-state index is 0.145. The molecule has 4 unspecified atom stereocenters. The topological polar surface area (TPSA) is 168 Å². The summed E-state index contributed by atoms with van der Waals surface area (Å²) in [4.78, 5) is 48.1. The van der Waals surface area contributed by atoms with E-state index in [-0.39, 0.29) is 23.9 Å². The first kappa shape index (κ1) is 26.8. The summed E-state index contributed by atoms with van der Waals surface area (Å²) in [5.74, 6) is -1.74. The van der Waals surface area contributed by atoms with Crippen molar-refractivity contribution in [1.29, 1.82) is 5.26 Å². The van der Waals surface area contributed by atoms with Gasteiger partial charge in [0.25, 0.3) is 0 Å². The first-order valence-electron chi connectivity index (χ1n) is 11.4. The summed E-state index contributed by atoms with van der Waals surface area (Å²) in [6, 6.07) is 9.10. The van der Waals surface area contributed by atoms with Crippen LogP contribution in [0.5, 0.6) is 0 Å². The number of carbonyl (C=O) groups is 3. The Balaban J connectivity index is 1.72. The van der Waals surface area contributed by atoms with E-state index >= 15 is 0 Å². The van der Waals surface area contributed by atoms with E-state index in [2.05, 4.69) is 20.3 Å². The molecule has 13 nitrogen and oxygen atoms in total. The Bertz CT molecular complexity index is 1400. The number of esters is 3. The third-order valence-corrected chi connectivity index (χ3v) is 5.76. The van der Waals surface area contributed by atoms with Crippen molar-refractivity contribution in [2.45, 2.75) is 51.9 Å². The predicted molar refractivity (Wildman–Crippen MR) is 130 cm³/mol. The standard InChI is InChI=1S/C24H23ClN6O7/c1-12(32)35-10-17-20(36-13(2)33)21(37-14(3)34)24(38-17)31-11-28-19-22(29-18(8-26)30-23(19)31)27-9-15-4-6-16(25)7-5-15/h4-7,11,17,20-21,24H,9-10H2,1-3H3,(H,27,29,30). The Hall–Kier alpha value is -4.28. The van der Waals surface area contributed by atoms with E-state index in [1.807, 2.05) is 18.2 Å². The first-order valence-corrected chi connectivity index (χ1v) is 11.8. The summed E-state index contributed by atoms with van der Waals surface area (Å²) < 4.78 is 23.5. The molecule has 0 radical (unpaired) electrons. The lowest BCUT2D eigenvalue weighted by Crippen LogP contribution is -2.40. The summed E-state index contributed by atoms with van der Waals surface area (Å²) >= 11 is 5.95. The zero-order chi connectivity index (χ0) is 27.4. The summed E-state index contributed by atoms with van der Waals surface area (Å²) in [7, 11) is 0. The van der Waals surface area contributed by atoms with E-state index in [0.717, 1.165) is 5.56 Å². The third kappa shape index (κ3) is 5.99. The number of nitriles is 1. The molecule has 0 spiro atoms. The van der Waals surface area contributed by atoms with Gasteiger partial charge in [-0.05, 0) is 17.7 Å². The molecular formula is C24H23ClN6O7. The van der Waals surface area contributed by atoms with Crippen LogP contribution in [-0.2, 0) is 39.9 Å². The van der Waals surface area contributed by atoms with Gasteiger partial charge in [-0.15, -0.1) is 0 Å².